The highest BCUT2D eigenvalue weighted by atomic mass is 35.5. The lowest BCUT2D eigenvalue weighted by atomic mass is 10.2. The van der Waals surface area contributed by atoms with E-state index < -0.39 is 5.91 Å². The van der Waals surface area contributed by atoms with Gasteiger partial charge >= 0.3 is 0 Å². The summed E-state index contributed by atoms with van der Waals surface area (Å²) in [6.45, 7) is 0. The Balaban J connectivity index is 1.93. The van der Waals surface area contributed by atoms with Crippen molar-refractivity contribution in [3.05, 3.63) is 52.0 Å². The first-order chi connectivity index (χ1) is 10.0. The van der Waals surface area contributed by atoms with Crippen LogP contribution in [0.5, 0.6) is 0 Å². The number of hydrogen-bond acceptors (Lipinski definition) is 4. The molecule has 3 rings (SSSR count). The van der Waals surface area contributed by atoms with Crippen LogP contribution >= 0.6 is 34.5 Å². The number of nitrogens with two attached hydrogens (primary N) is 1. The van der Waals surface area contributed by atoms with Crippen molar-refractivity contribution in [3.63, 3.8) is 0 Å². The van der Waals surface area contributed by atoms with E-state index >= 15 is 0 Å². The smallest absolute Gasteiger partial charge is 0.259 e. The van der Waals surface area contributed by atoms with Crippen LogP contribution in [0.1, 0.15) is 10.4 Å². The molecule has 0 unspecified atom stereocenters. The van der Waals surface area contributed by atoms with E-state index in [4.69, 9.17) is 28.9 Å². The molecule has 4 nitrogen and oxygen atoms in total. The first kappa shape index (κ1) is 14.1. The number of nitrogen functional groups attached to an aromatic ring is 1. The van der Waals surface area contributed by atoms with Gasteiger partial charge in [0.2, 0.25) is 0 Å². The number of anilines is 2. The van der Waals surface area contributed by atoms with Crippen molar-refractivity contribution in [2.45, 2.75) is 0 Å². The third-order valence-corrected chi connectivity index (χ3v) is 4.56. The van der Waals surface area contributed by atoms with Crippen molar-refractivity contribution in [2.24, 2.45) is 0 Å². The predicted molar refractivity (Wildman–Crippen MR) is 88.4 cm³/mol. The van der Waals surface area contributed by atoms with E-state index in [-0.39, 0.29) is 15.6 Å². The number of hydrogen-bond donors (Lipinski definition) is 2. The van der Waals surface area contributed by atoms with Gasteiger partial charge in [-0.05, 0) is 24.3 Å². The van der Waals surface area contributed by atoms with E-state index in [1.165, 1.54) is 23.5 Å². The summed E-state index contributed by atoms with van der Waals surface area (Å²) in [4.78, 5) is 16.6. The topological polar surface area (TPSA) is 68.0 Å². The summed E-state index contributed by atoms with van der Waals surface area (Å²) in [7, 11) is 0. The van der Waals surface area contributed by atoms with Crippen molar-refractivity contribution in [3.8, 4) is 0 Å². The molecule has 0 bridgehead atoms. The van der Waals surface area contributed by atoms with Gasteiger partial charge in [-0.3, -0.25) is 10.1 Å². The van der Waals surface area contributed by atoms with Gasteiger partial charge in [-0.1, -0.05) is 46.7 Å². The van der Waals surface area contributed by atoms with Crippen LogP contribution in [-0.4, -0.2) is 10.9 Å². The van der Waals surface area contributed by atoms with Crippen LogP contribution in [0.15, 0.2) is 36.4 Å². The van der Waals surface area contributed by atoms with Crippen LogP contribution in [0.25, 0.3) is 10.2 Å². The first-order valence-corrected chi connectivity index (χ1v) is 7.53. The number of carbonyl (C=O) groups excluding carboxylic acids is 1. The monoisotopic (exact) mass is 337 g/mol. The first-order valence-electron chi connectivity index (χ1n) is 5.96. The minimum Gasteiger partial charge on any atom is -0.399 e. The van der Waals surface area contributed by atoms with Crippen LogP contribution in [0, 0.1) is 0 Å². The Morgan fingerprint density at radius 1 is 1.24 bits per heavy atom. The maximum absolute atomic E-state index is 12.3. The van der Waals surface area contributed by atoms with Crippen LogP contribution in [0.4, 0.5) is 10.8 Å². The molecular weight excluding hydrogens is 329 g/mol. The van der Waals surface area contributed by atoms with Gasteiger partial charge in [0, 0.05) is 5.69 Å². The van der Waals surface area contributed by atoms with E-state index in [0.717, 1.165) is 10.2 Å². The number of thiazole rings is 1. The number of halogens is 2. The summed E-state index contributed by atoms with van der Waals surface area (Å²) in [5.74, 6) is -0.395. The van der Waals surface area contributed by atoms with Gasteiger partial charge in [0.25, 0.3) is 5.91 Å². The fourth-order valence-corrected chi connectivity index (χ4v) is 3.15. The molecule has 3 aromatic rings. The van der Waals surface area contributed by atoms with E-state index in [0.29, 0.717) is 10.8 Å². The molecule has 1 aromatic heterocycles. The van der Waals surface area contributed by atoms with Crippen molar-refractivity contribution < 1.29 is 4.79 Å². The Hall–Kier alpha value is -1.82. The molecule has 1 heterocycles. The van der Waals surface area contributed by atoms with Gasteiger partial charge in [0.05, 0.1) is 25.8 Å². The molecule has 21 heavy (non-hydrogen) atoms. The third kappa shape index (κ3) is 2.81. The molecule has 0 aliphatic carbocycles. The number of para-hydroxylation sites is 1. The molecule has 0 saturated carbocycles. The Morgan fingerprint density at radius 2 is 2.00 bits per heavy atom. The van der Waals surface area contributed by atoms with Crippen molar-refractivity contribution in [1.82, 2.24) is 4.98 Å². The van der Waals surface area contributed by atoms with Gasteiger partial charge in [0.15, 0.2) is 5.13 Å². The SMILES string of the molecule is Nc1cc(Cl)c(Cl)c(C(=O)Nc2nc3ccccc3s2)c1. The summed E-state index contributed by atoms with van der Waals surface area (Å²) >= 11 is 13.3. The molecule has 0 saturated heterocycles. The number of fused-ring (bicyclic) bond motifs is 1. The fourth-order valence-electron chi connectivity index (χ4n) is 1.87. The zero-order valence-electron chi connectivity index (χ0n) is 10.6. The van der Waals surface area contributed by atoms with E-state index in [2.05, 4.69) is 10.3 Å². The summed E-state index contributed by atoms with van der Waals surface area (Å²) in [6, 6.07) is 10.6. The van der Waals surface area contributed by atoms with Gasteiger partial charge in [-0.15, -0.1) is 0 Å². The quantitative estimate of drug-likeness (QED) is 0.679. The summed E-state index contributed by atoms with van der Waals surface area (Å²) in [5, 5.41) is 3.62. The molecule has 0 atom stereocenters. The summed E-state index contributed by atoms with van der Waals surface area (Å²) < 4.78 is 0.990. The Kier molecular flexibility index (Phi) is 3.71. The number of rotatable bonds is 2. The highest BCUT2D eigenvalue weighted by Crippen LogP contribution is 2.30. The predicted octanol–water partition coefficient (Wildman–Crippen LogP) is 4.44. The zero-order valence-corrected chi connectivity index (χ0v) is 12.9. The van der Waals surface area contributed by atoms with Crippen molar-refractivity contribution >= 4 is 61.5 Å². The third-order valence-electron chi connectivity index (χ3n) is 2.81. The fraction of sp³-hybridized carbons (Fsp3) is 0. The Morgan fingerprint density at radius 3 is 2.76 bits per heavy atom. The van der Waals surface area contributed by atoms with E-state index in [9.17, 15) is 4.79 Å². The molecule has 0 radical (unpaired) electrons. The molecule has 0 aliphatic rings. The molecule has 0 aliphatic heterocycles. The Labute approximate surface area is 134 Å². The molecule has 2 aromatic carbocycles. The molecular formula is C14H9Cl2N3OS. The van der Waals surface area contributed by atoms with Crippen LogP contribution < -0.4 is 11.1 Å². The summed E-state index contributed by atoms with van der Waals surface area (Å²) in [5.41, 5.74) is 7.11. The van der Waals surface area contributed by atoms with Crippen LogP contribution in [-0.2, 0) is 0 Å². The highest BCUT2D eigenvalue weighted by Gasteiger charge is 2.16. The standard InChI is InChI=1S/C14H9Cl2N3OS/c15-9-6-7(17)5-8(12(9)16)13(20)19-14-18-10-3-1-2-4-11(10)21-14/h1-6H,17H2,(H,18,19,20). The second-order valence-electron chi connectivity index (χ2n) is 4.31. The molecule has 0 spiro atoms. The number of nitrogens with zero attached hydrogens (tertiary/aromatic N) is 1. The maximum Gasteiger partial charge on any atom is 0.259 e. The molecule has 3 N–H and O–H groups in total. The second-order valence-corrected chi connectivity index (χ2v) is 6.12. The summed E-state index contributed by atoms with van der Waals surface area (Å²) in [6.07, 6.45) is 0. The average Bonchev–Trinajstić information content (AvgIpc) is 2.84. The normalized spacial score (nSPS) is 10.8. The van der Waals surface area contributed by atoms with Crippen molar-refractivity contribution in [1.29, 1.82) is 0 Å². The number of nitrogens with one attached hydrogen (secondary N) is 1. The van der Waals surface area contributed by atoms with Gasteiger partial charge in [-0.2, -0.15) is 0 Å². The minimum absolute atomic E-state index is 0.171. The van der Waals surface area contributed by atoms with E-state index in [1.54, 1.807) is 0 Å². The average molecular weight is 338 g/mol. The lowest BCUT2D eigenvalue weighted by Crippen LogP contribution is -2.12. The largest absolute Gasteiger partial charge is 0.399 e. The lowest BCUT2D eigenvalue weighted by Gasteiger charge is -2.06. The van der Waals surface area contributed by atoms with E-state index in [1.807, 2.05) is 24.3 Å². The molecule has 1 amide bonds. The Bertz CT molecular complexity index is 814. The number of amides is 1. The molecule has 106 valence electrons. The van der Waals surface area contributed by atoms with Crippen LogP contribution in [0.3, 0.4) is 0 Å². The van der Waals surface area contributed by atoms with Gasteiger partial charge in [0.1, 0.15) is 0 Å². The number of aromatic nitrogens is 1. The van der Waals surface area contributed by atoms with Crippen LogP contribution in [0.2, 0.25) is 10.0 Å². The van der Waals surface area contributed by atoms with Crippen molar-refractivity contribution in [2.75, 3.05) is 11.1 Å². The minimum atomic E-state index is -0.395. The number of carbonyl (C=O) groups is 1. The molecule has 7 heteroatoms. The highest BCUT2D eigenvalue weighted by molar-refractivity contribution is 7.22. The number of benzene rings is 2. The zero-order chi connectivity index (χ0) is 15.0. The van der Waals surface area contributed by atoms with Gasteiger partial charge < -0.3 is 5.73 Å². The second kappa shape index (κ2) is 5.52. The molecule has 0 fully saturated rings. The maximum atomic E-state index is 12.3. The van der Waals surface area contributed by atoms with Gasteiger partial charge in [-0.25, -0.2) is 4.98 Å². The lowest BCUT2D eigenvalue weighted by molar-refractivity contribution is 0.102.